The monoisotopic (exact) mass is 246 g/mol. The van der Waals surface area contributed by atoms with Gasteiger partial charge in [0.2, 0.25) is 0 Å². The zero-order chi connectivity index (χ0) is 13.1. The van der Waals surface area contributed by atoms with E-state index in [0.717, 1.165) is 18.5 Å². The van der Waals surface area contributed by atoms with Gasteiger partial charge in [0.25, 0.3) is 5.91 Å². The first-order valence-corrected chi connectivity index (χ1v) is 4.51. The molecule has 92 valence electrons. The summed E-state index contributed by atoms with van der Waals surface area (Å²) in [5, 5.41) is 0. The van der Waals surface area contributed by atoms with E-state index in [2.05, 4.69) is 14.7 Å². The van der Waals surface area contributed by atoms with Crippen molar-refractivity contribution in [1.29, 1.82) is 0 Å². The zero-order valence-electron chi connectivity index (χ0n) is 9.08. The highest BCUT2D eigenvalue weighted by Crippen LogP contribution is 2.31. The maximum absolute atomic E-state index is 12.6. The number of hydrogen-bond donors (Lipinski definition) is 0. The summed E-state index contributed by atoms with van der Waals surface area (Å²) in [4.78, 5) is 18.3. The van der Waals surface area contributed by atoms with Crippen LogP contribution in [0.2, 0.25) is 0 Å². The fraction of sp³-hybridized carbons (Fsp3) is 0.300. The Morgan fingerprint density at radius 1 is 1.47 bits per heavy atom. The third-order valence-electron chi connectivity index (χ3n) is 1.91. The first kappa shape index (κ1) is 13.1. The van der Waals surface area contributed by atoms with Crippen LogP contribution >= 0.6 is 0 Å². The summed E-state index contributed by atoms with van der Waals surface area (Å²) < 4.78 is 42.3. The van der Waals surface area contributed by atoms with Gasteiger partial charge in [0.15, 0.2) is 5.90 Å². The molecule has 0 saturated carbocycles. The molecule has 1 aromatic heterocycles. The van der Waals surface area contributed by atoms with Gasteiger partial charge >= 0.3 is 6.18 Å². The standard InChI is InChI=1S/C10H9F3N2O2/c1-6(17-2)15-9(16)7-5-14-4-3-8(7)10(11,12)13/h3-5H,1-2H3. The molecule has 0 N–H and O–H groups in total. The highest BCUT2D eigenvalue weighted by atomic mass is 19.4. The number of methoxy groups -OCH3 is 1. The molecule has 0 fully saturated rings. The topological polar surface area (TPSA) is 51.5 Å². The van der Waals surface area contributed by atoms with Crippen molar-refractivity contribution in [3.8, 4) is 0 Å². The minimum absolute atomic E-state index is 0.0213. The summed E-state index contributed by atoms with van der Waals surface area (Å²) >= 11 is 0. The molecule has 0 saturated heterocycles. The van der Waals surface area contributed by atoms with Gasteiger partial charge in [-0.2, -0.15) is 18.2 Å². The van der Waals surface area contributed by atoms with Crippen molar-refractivity contribution < 1.29 is 22.7 Å². The van der Waals surface area contributed by atoms with Crippen LogP contribution in [-0.2, 0) is 10.9 Å². The summed E-state index contributed by atoms with van der Waals surface area (Å²) in [5.41, 5.74) is -1.67. The van der Waals surface area contributed by atoms with Gasteiger partial charge < -0.3 is 4.74 Å². The van der Waals surface area contributed by atoms with Crippen LogP contribution in [0.3, 0.4) is 0 Å². The summed E-state index contributed by atoms with van der Waals surface area (Å²) in [5.74, 6) is -1.06. The van der Waals surface area contributed by atoms with Crippen molar-refractivity contribution in [2.24, 2.45) is 4.99 Å². The van der Waals surface area contributed by atoms with E-state index in [4.69, 9.17) is 0 Å². The third kappa shape index (κ3) is 3.27. The number of ether oxygens (including phenoxy) is 1. The van der Waals surface area contributed by atoms with Crippen LogP contribution in [-0.4, -0.2) is 23.9 Å². The molecule has 0 bridgehead atoms. The lowest BCUT2D eigenvalue weighted by molar-refractivity contribution is -0.138. The quantitative estimate of drug-likeness (QED) is 0.564. The molecule has 0 aliphatic rings. The predicted molar refractivity (Wildman–Crippen MR) is 53.7 cm³/mol. The van der Waals surface area contributed by atoms with Crippen molar-refractivity contribution >= 4 is 11.8 Å². The predicted octanol–water partition coefficient (Wildman–Crippen LogP) is 2.31. The number of aromatic nitrogens is 1. The molecule has 1 aromatic rings. The van der Waals surface area contributed by atoms with E-state index in [1.54, 1.807) is 0 Å². The minimum Gasteiger partial charge on any atom is -0.484 e. The lowest BCUT2D eigenvalue weighted by Crippen LogP contribution is -2.13. The fourth-order valence-electron chi connectivity index (χ4n) is 1.06. The van der Waals surface area contributed by atoms with E-state index in [1.165, 1.54) is 14.0 Å². The second-order valence-corrected chi connectivity index (χ2v) is 3.06. The van der Waals surface area contributed by atoms with Crippen molar-refractivity contribution in [1.82, 2.24) is 4.98 Å². The first-order valence-electron chi connectivity index (χ1n) is 4.51. The number of carbonyl (C=O) groups excluding carboxylic acids is 1. The molecule has 4 nitrogen and oxygen atoms in total. The zero-order valence-corrected chi connectivity index (χ0v) is 9.08. The average molecular weight is 246 g/mol. The van der Waals surface area contributed by atoms with E-state index in [9.17, 15) is 18.0 Å². The number of pyridine rings is 1. The molecule has 0 spiro atoms. The van der Waals surface area contributed by atoms with Crippen LogP contribution in [0.25, 0.3) is 0 Å². The first-order chi connectivity index (χ1) is 7.86. The molecule has 0 radical (unpaired) electrons. The minimum atomic E-state index is -4.62. The van der Waals surface area contributed by atoms with Gasteiger partial charge in [-0.15, -0.1) is 0 Å². The largest absolute Gasteiger partial charge is 0.484 e. The number of rotatable bonds is 1. The molecular weight excluding hydrogens is 237 g/mol. The highest BCUT2D eigenvalue weighted by molar-refractivity contribution is 6.02. The van der Waals surface area contributed by atoms with Gasteiger partial charge in [-0.05, 0) is 6.07 Å². The molecule has 17 heavy (non-hydrogen) atoms. The molecule has 1 amide bonds. The van der Waals surface area contributed by atoms with Crippen LogP contribution in [0.1, 0.15) is 22.8 Å². The average Bonchev–Trinajstić information content (AvgIpc) is 2.27. The molecule has 0 aliphatic heterocycles. The Bertz CT molecular complexity index is 455. The fourth-order valence-corrected chi connectivity index (χ4v) is 1.06. The second-order valence-electron chi connectivity index (χ2n) is 3.06. The number of aliphatic imine (C=N–C) groups is 1. The maximum Gasteiger partial charge on any atom is 0.417 e. The van der Waals surface area contributed by atoms with Crippen molar-refractivity contribution in [2.75, 3.05) is 7.11 Å². The number of nitrogens with zero attached hydrogens (tertiary/aromatic N) is 2. The van der Waals surface area contributed by atoms with E-state index in [1.807, 2.05) is 0 Å². The summed E-state index contributed by atoms with van der Waals surface area (Å²) in [6, 6.07) is 0.727. The lowest BCUT2D eigenvalue weighted by atomic mass is 10.1. The summed E-state index contributed by atoms with van der Waals surface area (Å²) in [7, 11) is 1.26. The number of carbonyl (C=O) groups is 1. The van der Waals surface area contributed by atoms with Gasteiger partial charge in [-0.3, -0.25) is 9.78 Å². The van der Waals surface area contributed by atoms with Crippen LogP contribution < -0.4 is 0 Å². The van der Waals surface area contributed by atoms with E-state index >= 15 is 0 Å². The van der Waals surface area contributed by atoms with Crippen LogP contribution in [0.4, 0.5) is 13.2 Å². The Labute approximate surface area is 95.1 Å². The van der Waals surface area contributed by atoms with Crippen LogP contribution in [0, 0.1) is 0 Å². The van der Waals surface area contributed by atoms with E-state index in [0.29, 0.717) is 0 Å². The summed E-state index contributed by atoms with van der Waals surface area (Å²) in [6.45, 7) is 1.36. The van der Waals surface area contributed by atoms with Gasteiger partial charge in [-0.25, -0.2) is 0 Å². The SMILES string of the molecule is COC(C)=NC(=O)c1cnccc1C(F)(F)F. The van der Waals surface area contributed by atoms with Crippen molar-refractivity contribution in [3.05, 3.63) is 29.6 Å². The number of hydrogen-bond acceptors (Lipinski definition) is 3. The lowest BCUT2D eigenvalue weighted by Gasteiger charge is -2.09. The Balaban J connectivity index is 3.19. The number of alkyl halides is 3. The molecule has 0 aromatic carbocycles. The van der Waals surface area contributed by atoms with Crippen molar-refractivity contribution in [2.45, 2.75) is 13.1 Å². The third-order valence-corrected chi connectivity index (χ3v) is 1.91. The molecule has 0 aliphatic carbocycles. The second kappa shape index (κ2) is 4.94. The molecule has 7 heteroatoms. The number of halogens is 3. The van der Waals surface area contributed by atoms with E-state index < -0.39 is 23.2 Å². The van der Waals surface area contributed by atoms with Crippen molar-refractivity contribution in [3.63, 3.8) is 0 Å². The molecule has 0 unspecified atom stereocenters. The van der Waals surface area contributed by atoms with Gasteiger partial charge in [0.05, 0.1) is 18.2 Å². The number of amides is 1. The molecule has 1 rings (SSSR count). The molecule has 1 heterocycles. The van der Waals surface area contributed by atoms with Gasteiger partial charge in [0, 0.05) is 19.3 Å². The Morgan fingerprint density at radius 3 is 2.65 bits per heavy atom. The van der Waals surface area contributed by atoms with Crippen LogP contribution in [0.5, 0.6) is 0 Å². The Kier molecular flexibility index (Phi) is 3.82. The maximum atomic E-state index is 12.6. The van der Waals surface area contributed by atoms with E-state index in [-0.39, 0.29) is 5.90 Å². The highest BCUT2D eigenvalue weighted by Gasteiger charge is 2.35. The Hall–Kier alpha value is -1.92. The summed E-state index contributed by atoms with van der Waals surface area (Å²) in [6.07, 6.45) is -2.82. The smallest absolute Gasteiger partial charge is 0.417 e. The van der Waals surface area contributed by atoms with Crippen LogP contribution in [0.15, 0.2) is 23.5 Å². The Morgan fingerprint density at radius 2 is 2.12 bits per heavy atom. The normalized spacial score (nSPS) is 12.4. The molecular formula is C10H9F3N2O2. The molecule has 0 atom stereocenters. The van der Waals surface area contributed by atoms with Gasteiger partial charge in [0.1, 0.15) is 0 Å². The van der Waals surface area contributed by atoms with Gasteiger partial charge in [-0.1, -0.05) is 0 Å².